The standard InChI is InChI=1S/C11H21NO3/c1-6-7-10(12-9(4)14-5)11(13)15-8(2)3/h8,10,12H,4,6-7H2,1-3,5H3. The normalized spacial score (nSPS) is 12.1. The number of hydrogen-bond acceptors (Lipinski definition) is 4. The van der Waals surface area contributed by atoms with Gasteiger partial charge in [0.15, 0.2) is 5.88 Å². The largest absolute Gasteiger partial charge is 0.483 e. The molecular weight excluding hydrogens is 194 g/mol. The van der Waals surface area contributed by atoms with Gasteiger partial charge in [-0.15, -0.1) is 0 Å². The molecule has 0 aromatic heterocycles. The number of rotatable bonds is 7. The summed E-state index contributed by atoms with van der Waals surface area (Å²) in [5, 5.41) is 2.88. The molecule has 0 aliphatic heterocycles. The zero-order valence-corrected chi connectivity index (χ0v) is 10.0. The predicted molar refractivity (Wildman–Crippen MR) is 59.2 cm³/mol. The molecular formula is C11H21NO3. The predicted octanol–water partition coefficient (Wildman–Crippen LogP) is 1.81. The molecule has 1 N–H and O–H groups in total. The summed E-state index contributed by atoms with van der Waals surface area (Å²) in [6.07, 6.45) is 1.49. The summed E-state index contributed by atoms with van der Waals surface area (Å²) < 4.78 is 9.98. The van der Waals surface area contributed by atoms with Crippen LogP contribution < -0.4 is 5.32 Å². The maximum absolute atomic E-state index is 11.6. The SMILES string of the molecule is C=C(NC(CCC)C(=O)OC(C)C)OC. The van der Waals surface area contributed by atoms with Crippen LogP contribution in [0, 0.1) is 0 Å². The molecule has 0 bridgehead atoms. The lowest BCUT2D eigenvalue weighted by Crippen LogP contribution is -2.38. The van der Waals surface area contributed by atoms with Gasteiger partial charge in [-0.2, -0.15) is 0 Å². The molecule has 0 spiro atoms. The van der Waals surface area contributed by atoms with Crippen molar-refractivity contribution in [3.63, 3.8) is 0 Å². The van der Waals surface area contributed by atoms with E-state index in [2.05, 4.69) is 11.9 Å². The van der Waals surface area contributed by atoms with Crippen LogP contribution in [0.3, 0.4) is 0 Å². The first-order valence-electron chi connectivity index (χ1n) is 5.21. The number of ether oxygens (including phenoxy) is 2. The van der Waals surface area contributed by atoms with Crippen molar-refractivity contribution in [1.82, 2.24) is 5.32 Å². The summed E-state index contributed by atoms with van der Waals surface area (Å²) in [7, 11) is 1.51. The third-order valence-corrected chi connectivity index (χ3v) is 1.80. The van der Waals surface area contributed by atoms with Gasteiger partial charge < -0.3 is 14.8 Å². The summed E-state index contributed by atoms with van der Waals surface area (Å²) in [6.45, 7) is 9.27. The fourth-order valence-electron chi connectivity index (χ4n) is 1.11. The van der Waals surface area contributed by atoms with Gasteiger partial charge >= 0.3 is 5.97 Å². The van der Waals surface area contributed by atoms with Crippen LogP contribution in [0.15, 0.2) is 12.5 Å². The van der Waals surface area contributed by atoms with Gasteiger partial charge in [0.25, 0.3) is 0 Å². The lowest BCUT2D eigenvalue weighted by atomic mass is 10.1. The van der Waals surface area contributed by atoms with Crippen LogP contribution >= 0.6 is 0 Å². The molecule has 0 fully saturated rings. The maximum atomic E-state index is 11.6. The average Bonchev–Trinajstić information content (AvgIpc) is 2.15. The maximum Gasteiger partial charge on any atom is 0.328 e. The van der Waals surface area contributed by atoms with Gasteiger partial charge in [0.1, 0.15) is 6.04 Å². The van der Waals surface area contributed by atoms with Gasteiger partial charge in [-0.3, -0.25) is 0 Å². The summed E-state index contributed by atoms with van der Waals surface area (Å²) in [6, 6.07) is -0.371. The van der Waals surface area contributed by atoms with E-state index in [-0.39, 0.29) is 18.1 Å². The molecule has 0 rings (SSSR count). The second-order valence-electron chi connectivity index (χ2n) is 3.60. The number of nitrogens with one attached hydrogen (secondary N) is 1. The van der Waals surface area contributed by atoms with Crippen molar-refractivity contribution in [2.45, 2.75) is 45.8 Å². The van der Waals surface area contributed by atoms with E-state index in [4.69, 9.17) is 9.47 Å². The lowest BCUT2D eigenvalue weighted by molar-refractivity contribution is -0.150. The number of hydrogen-bond donors (Lipinski definition) is 1. The molecule has 0 saturated carbocycles. The van der Waals surface area contributed by atoms with Crippen molar-refractivity contribution < 1.29 is 14.3 Å². The first kappa shape index (κ1) is 13.8. The molecule has 4 heteroatoms. The molecule has 0 aliphatic carbocycles. The van der Waals surface area contributed by atoms with Crippen molar-refractivity contribution >= 4 is 5.97 Å². The molecule has 4 nitrogen and oxygen atoms in total. The molecule has 1 unspecified atom stereocenters. The van der Waals surface area contributed by atoms with Crippen molar-refractivity contribution in [2.24, 2.45) is 0 Å². The second kappa shape index (κ2) is 7.15. The molecule has 0 heterocycles. The quantitative estimate of drug-likeness (QED) is 0.520. The Kier molecular flexibility index (Phi) is 6.58. The molecule has 0 aliphatic rings. The first-order chi connectivity index (χ1) is 7.01. The summed E-state index contributed by atoms with van der Waals surface area (Å²) >= 11 is 0. The zero-order valence-electron chi connectivity index (χ0n) is 10.0. The summed E-state index contributed by atoms with van der Waals surface area (Å²) in [5.74, 6) is 0.124. The van der Waals surface area contributed by atoms with E-state index in [1.165, 1.54) is 7.11 Å². The molecule has 0 saturated heterocycles. The van der Waals surface area contributed by atoms with E-state index in [0.29, 0.717) is 12.3 Å². The molecule has 88 valence electrons. The fraction of sp³-hybridized carbons (Fsp3) is 0.727. The first-order valence-corrected chi connectivity index (χ1v) is 5.21. The molecule has 15 heavy (non-hydrogen) atoms. The molecule has 0 amide bonds. The summed E-state index contributed by atoms with van der Waals surface area (Å²) in [4.78, 5) is 11.6. The van der Waals surface area contributed by atoms with Gasteiger partial charge in [-0.05, 0) is 26.8 Å². The Balaban J connectivity index is 4.24. The minimum Gasteiger partial charge on any atom is -0.483 e. The van der Waals surface area contributed by atoms with Crippen molar-refractivity contribution in [3.05, 3.63) is 12.5 Å². The second-order valence-corrected chi connectivity index (χ2v) is 3.60. The third kappa shape index (κ3) is 5.99. The van der Waals surface area contributed by atoms with Gasteiger partial charge in [-0.1, -0.05) is 13.3 Å². The number of carbonyl (C=O) groups is 1. The Morgan fingerprint density at radius 2 is 2.07 bits per heavy atom. The highest BCUT2D eigenvalue weighted by molar-refractivity contribution is 5.76. The monoisotopic (exact) mass is 215 g/mol. The van der Waals surface area contributed by atoms with Crippen LogP contribution in [0.5, 0.6) is 0 Å². The van der Waals surface area contributed by atoms with Crippen molar-refractivity contribution in [2.75, 3.05) is 7.11 Å². The van der Waals surface area contributed by atoms with E-state index in [9.17, 15) is 4.79 Å². The smallest absolute Gasteiger partial charge is 0.328 e. The molecule has 0 radical (unpaired) electrons. The lowest BCUT2D eigenvalue weighted by Gasteiger charge is -2.19. The topological polar surface area (TPSA) is 47.6 Å². The Morgan fingerprint density at radius 3 is 2.47 bits per heavy atom. The van der Waals surface area contributed by atoms with E-state index >= 15 is 0 Å². The minimum absolute atomic E-state index is 0.102. The highest BCUT2D eigenvalue weighted by atomic mass is 16.5. The van der Waals surface area contributed by atoms with Crippen LogP contribution in [0.25, 0.3) is 0 Å². The van der Waals surface area contributed by atoms with Crippen LogP contribution in [-0.2, 0) is 14.3 Å². The van der Waals surface area contributed by atoms with E-state index in [1.807, 2.05) is 20.8 Å². The molecule has 0 aromatic rings. The highest BCUT2D eigenvalue weighted by Crippen LogP contribution is 2.04. The Hall–Kier alpha value is -1.19. The van der Waals surface area contributed by atoms with E-state index in [1.54, 1.807) is 0 Å². The molecule has 0 aromatic carbocycles. The molecule has 1 atom stereocenters. The zero-order chi connectivity index (χ0) is 11.8. The number of esters is 1. The number of methoxy groups -OCH3 is 1. The summed E-state index contributed by atoms with van der Waals surface area (Å²) in [5.41, 5.74) is 0. The average molecular weight is 215 g/mol. The van der Waals surface area contributed by atoms with E-state index < -0.39 is 0 Å². The Labute approximate surface area is 91.6 Å². The fourth-order valence-corrected chi connectivity index (χ4v) is 1.11. The van der Waals surface area contributed by atoms with Gasteiger partial charge in [0.2, 0.25) is 0 Å². The van der Waals surface area contributed by atoms with Crippen molar-refractivity contribution in [1.29, 1.82) is 0 Å². The number of carbonyl (C=O) groups excluding carboxylic acids is 1. The third-order valence-electron chi connectivity index (χ3n) is 1.80. The van der Waals surface area contributed by atoms with Crippen LogP contribution in [0.2, 0.25) is 0 Å². The van der Waals surface area contributed by atoms with Gasteiger partial charge in [-0.25, -0.2) is 4.79 Å². The van der Waals surface area contributed by atoms with Crippen LogP contribution in [0.4, 0.5) is 0 Å². The van der Waals surface area contributed by atoms with Gasteiger partial charge in [0.05, 0.1) is 13.2 Å². The highest BCUT2D eigenvalue weighted by Gasteiger charge is 2.20. The minimum atomic E-state index is -0.371. The van der Waals surface area contributed by atoms with Crippen molar-refractivity contribution in [3.8, 4) is 0 Å². The Bertz CT molecular complexity index is 214. The van der Waals surface area contributed by atoms with Crippen LogP contribution in [-0.4, -0.2) is 25.2 Å². The van der Waals surface area contributed by atoms with Gasteiger partial charge in [0, 0.05) is 0 Å². The van der Waals surface area contributed by atoms with Crippen LogP contribution in [0.1, 0.15) is 33.6 Å². The van der Waals surface area contributed by atoms with E-state index in [0.717, 1.165) is 6.42 Å². The Morgan fingerprint density at radius 1 is 1.47 bits per heavy atom.